The molecule has 0 bridgehead atoms. The van der Waals surface area contributed by atoms with E-state index in [-0.39, 0.29) is 5.92 Å². The van der Waals surface area contributed by atoms with Gasteiger partial charge in [0.15, 0.2) is 0 Å². The van der Waals surface area contributed by atoms with Crippen LogP contribution < -0.4 is 0 Å². The van der Waals surface area contributed by atoms with Crippen molar-refractivity contribution in [3.8, 4) is 0 Å². The summed E-state index contributed by atoms with van der Waals surface area (Å²) in [5, 5.41) is 63.9. The van der Waals surface area contributed by atoms with Gasteiger partial charge in [0.1, 0.15) is 0 Å². The predicted molar refractivity (Wildman–Crippen MR) is 290 cm³/mol. The summed E-state index contributed by atoms with van der Waals surface area (Å²) in [5.74, 6) is 0.0512. The molecule has 0 heterocycles. The van der Waals surface area contributed by atoms with E-state index in [0.717, 1.165) is 0 Å². The minimum atomic E-state index is -0.534. The highest BCUT2D eigenvalue weighted by Crippen LogP contribution is 2.91. The fourth-order valence-electron chi connectivity index (χ4n) is 26.6. The first-order valence-corrected chi connectivity index (χ1v) is 26.1. The van der Waals surface area contributed by atoms with Gasteiger partial charge in [0.2, 0.25) is 0 Å². The monoisotopic (exact) mass is 856 g/mol. The Morgan fingerprint density at radius 1 is 0.200 bits per heavy atom. The molecule has 0 N–H and O–H groups in total. The van der Waals surface area contributed by atoms with E-state index >= 15 is 0 Å². The van der Waals surface area contributed by atoms with Crippen LogP contribution >= 0.6 is 0 Å². The fourth-order valence-corrected chi connectivity index (χ4v) is 26.6. The molecule has 6 atom stereocenters. The van der Waals surface area contributed by atoms with Crippen LogP contribution in [0.4, 0.5) is 0 Å². The van der Waals surface area contributed by atoms with E-state index in [2.05, 4.69) is 30.4 Å². The molecule has 11 aliphatic rings. The van der Waals surface area contributed by atoms with Gasteiger partial charge >= 0.3 is 0 Å². The minimum absolute atomic E-state index is 0.0512. The highest BCUT2D eigenvalue weighted by atomic mass is 14.8. The average molecular weight is 857 g/mol. The molecule has 2 unspecified atom stereocenters. The SMILES string of the molecule is C=CC12c3c4c5c6c7c8c9c%10c%11c%12c%13c%14c%15c%16c%17c%18c(c1c1c3c3c5c5c%19c6c9c6c9c%10c%13c%10c%13c%14c%17c%14c%17c%18c1c1c3c5c3c(c1%17)c(c%14%13)c(c9%10)c3c%196)[C@@]%16(C=C)C1=C(C(=C(C12)[C@@]47C=C)[C@@]8%11C=C)[C@]%15%12C=C. The lowest BCUT2D eigenvalue weighted by atomic mass is 9.43. The highest BCUT2D eigenvalue weighted by Gasteiger charge is 2.80. The summed E-state index contributed by atoms with van der Waals surface area (Å²) in [7, 11) is 0. The molecule has 0 heteroatoms. The first kappa shape index (κ1) is 27.0. The second-order valence-electron chi connectivity index (χ2n) is 25.9. The van der Waals surface area contributed by atoms with Crippen molar-refractivity contribution in [1.82, 2.24) is 0 Å². The van der Waals surface area contributed by atoms with Gasteiger partial charge in [-0.15, -0.1) is 32.9 Å². The third-order valence-electron chi connectivity index (χ3n) is 26.5. The zero-order valence-electron chi connectivity index (χ0n) is 36.5. The standard InChI is InChI=1S/C70H16/c1-6-66-51-41-31-21-16-11-12-14-15-13(11)18-25-23(16)33(31)43-45-35(25)37-27(18)29-20(15)30-28-19(14)26-24-17(12)22(21)32-34(24)44-46-36(26)38(28)48-50-40(30)39(29)49-47(37)57-55(45)67(7-2,53(43)51)62-61(66)63-65-64(62)69(57,9-4)59(49)60(50)70(65,10-5)58(48)56(46)68(63,8-3)54(44)52(66)42(32)41/h6-10,61H,1-5H2/t61?,66?,67-,68+,69-,70+. The zero-order valence-corrected chi connectivity index (χ0v) is 36.5. The van der Waals surface area contributed by atoms with Crippen molar-refractivity contribution in [3.05, 3.63) is 141 Å². The number of benzene rings is 15. The summed E-state index contributed by atoms with van der Waals surface area (Å²) in [6.07, 6.45) is 12.7. The summed E-state index contributed by atoms with van der Waals surface area (Å²) in [5.41, 5.74) is 19.8. The maximum Gasteiger partial charge on any atom is 0.0652 e. The predicted octanol–water partition coefficient (Wildman–Crippen LogP) is 16.8. The molecule has 0 fully saturated rings. The summed E-state index contributed by atoms with van der Waals surface area (Å²) in [6, 6.07) is 0. The molecule has 70 heavy (non-hydrogen) atoms. The smallest absolute Gasteiger partial charge is 0.0652 e. The molecule has 21 aromatic rings. The summed E-state index contributed by atoms with van der Waals surface area (Å²) in [4.78, 5) is 0. The molecule has 296 valence electrons. The van der Waals surface area contributed by atoms with Crippen molar-refractivity contribution in [2.24, 2.45) is 5.92 Å². The molecule has 0 amide bonds. The molecule has 0 radical (unpaired) electrons. The fraction of sp³-hybridized carbons (Fsp3) is 0.0857. The Kier molecular flexibility index (Phi) is 2.27. The quantitative estimate of drug-likeness (QED) is 0.119. The van der Waals surface area contributed by atoms with E-state index in [0.29, 0.717) is 0 Å². The van der Waals surface area contributed by atoms with Gasteiger partial charge in [-0.25, -0.2) is 0 Å². The number of allylic oxidation sites excluding steroid dienone is 9. The van der Waals surface area contributed by atoms with Crippen LogP contribution in [-0.4, -0.2) is 0 Å². The largest absolute Gasteiger partial charge is 0.102 e. The van der Waals surface area contributed by atoms with Crippen molar-refractivity contribution in [1.29, 1.82) is 0 Å². The van der Waals surface area contributed by atoms with Gasteiger partial charge in [-0.2, -0.15) is 0 Å². The molecule has 0 spiro atoms. The second-order valence-corrected chi connectivity index (χ2v) is 25.9. The van der Waals surface area contributed by atoms with Gasteiger partial charge in [-0.3, -0.25) is 0 Å². The third kappa shape index (κ3) is 1.31. The van der Waals surface area contributed by atoms with Gasteiger partial charge < -0.3 is 0 Å². The topological polar surface area (TPSA) is 0 Å². The van der Waals surface area contributed by atoms with E-state index in [1.54, 1.807) is 293 Å². The van der Waals surface area contributed by atoms with Crippen molar-refractivity contribution in [2.75, 3.05) is 0 Å². The summed E-state index contributed by atoms with van der Waals surface area (Å²) in [6.45, 7) is 26.2. The molecule has 0 nitrogen and oxygen atoms in total. The molecular weight excluding hydrogens is 841 g/mol. The maximum atomic E-state index is 5.24. The van der Waals surface area contributed by atoms with Crippen LogP contribution in [0.2, 0.25) is 0 Å². The maximum absolute atomic E-state index is 5.24. The van der Waals surface area contributed by atoms with Crippen LogP contribution in [0.5, 0.6) is 0 Å². The Bertz CT molecular complexity index is 6540. The lowest BCUT2D eigenvalue weighted by molar-refractivity contribution is 0.386. The van der Waals surface area contributed by atoms with Crippen LogP contribution in [0.25, 0.3) is 215 Å². The molecule has 0 aromatic heterocycles. The minimum Gasteiger partial charge on any atom is -0.102 e. The molecule has 0 saturated carbocycles. The Morgan fingerprint density at radius 3 is 0.571 bits per heavy atom. The van der Waals surface area contributed by atoms with Crippen molar-refractivity contribution < 1.29 is 0 Å². The van der Waals surface area contributed by atoms with Crippen LogP contribution in [0.15, 0.2) is 85.6 Å². The molecular formula is C70H16. The highest BCUT2D eigenvalue weighted by molar-refractivity contribution is 6.77. The van der Waals surface area contributed by atoms with Crippen LogP contribution in [0.3, 0.4) is 0 Å². The van der Waals surface area contributed by atoms with E-state index in [9.17, 15) is 0 Å². The number of hydrogen-bond acceptors (Lipinski definition) is 0. The van der Waals surface area contributed by atoms with Crippen LogP contribution in [-0.2, 0) is 27.1 Å². The number of rotatable bonds is 5. The average Bonchev–Trinajstić information content (AvgIpc) is 4.35. The molecule has 11 aliphatic carbocycles. The molecule has 0 aliphatic heterocycles. The van der Waals surface area contributed by atoms with Crippen molar-refractivity contribution in [2.45, 2.75) is 27.1 Å². The lowest BCUT2D eigenvalue weighted by Crippen LogP contribution is -2.54. The summed E-state index contributed by atoms with van der Waals surface area (Å²) < 4.78 is 0. The van der Waals surface area contributed by atoms with Crippen molar-refractivity contribution in [3.63, 3.8) is 0 Å². The van der Waals surface area contributed by atoms with E-state index in [1.807, 2.05) is 0 Å². The van der Waals surface area contributed by atoms with Crippen LogP contribution in [0, 0.1) is 5.92 Å². The lowest BCUT2D eigenvalue weighted by Gasteiger charge is -2.58. The normalized spacial score (nSPS) is 30.9. The second kappa shape index (κ2) is 5.88. The first-order chi connectivity index (χ1) is 34.6. The Balaban J connectivity index is 1.23. The van der Waals surface area contributed by atoms with E-state index < -0.39 is 27.1 Å². The van der Waals surface area contributed by atoms with Gasteiger partial charge in [0.25, 0.3) is 0 Å². The van der Waals surface area contributed by atoms with Crippen LogP contribution in [0.1, 0.15) is 55.6 Å². The van der Waals surface area contributed by atoms with Gasteiger partial charge in [-0.1, -0.05) is 30.4 Å². The Hall–Kier alpha value is -8.32. The van der Waals surface area contributed by atoms with E-state index in [4.69, 9.17) is 32.9 Å². The molecule has 0 saturated heterocycles. The van der Waals surface area contributed by atoms with E-state index in [1.165, 1.54) is 0 Å². The van der Waals surface area contributed by atoms with Crippen molar-refractivity contribution >= 4 is 215 Å². The Morgan fingerprint density at radius 2 is 0.371 bits per heavy atom. The Labute approximate surface area is 387 Å². The van der Waals surface area contributed by atoms with Gasteiger partial charge in [0, 0.05) is 5.92 Å². The van der Waals surface area contributed by atoms with Gasteiger partial charge in [-0.05, 0) is 293 Å². The molecule has 32 rings (SSSR count). The third-order valence-corrected chi connectivity index (χ3v) is 26.5. The van der Waals surface area contributed by atoms with Gasteiger partial charge in [0.05, 0.1) is 27.1 Å². The first-order valence-electron chi connectivity index (χ1n) is 26.1. The number of hydrogen-bond donors (Lipinski definition) is 0. The molecule has 21 aromatic carbocycles. The summed E-state index contributed by atoms with van der Waals surface area (Å²) >= 11 is 0. The zero-order chi connectivity index (χ0) is 42.8.